The minimum atomic E-state index is -0.650. The molecule has 0 aromatic carbocycles. The van der Waals surface area contributed by atoms with E-state index in [0.29, 0.717) is 6.42 Å². The van der Waals surface area contributed by atoms with Gasteiger partial charge in [0.25, 0.3) is 0 Å². The first-order chi connectivity index (χ1) is 13.2. The highest BCUT2D eigenvalue weighted by atomic mass is 16.4. The molecule has 0 saturated carbocycles. The number of aliphatic carboxylic acids is 1. The third-order valence-electron chi connectivity index (χ3n) is 5.87. The summed E-state index contributed by atoms with van der Waals surface area (Å²) in [5, 5.41) is 8.58. The van der Waals surface area contributed by atoms with Gasteiger partial charge >= 0.3 is 5.97 Å². The lowest BCUT2D eigenvalue weighted by atomic mass is 9.98. The molecule has 0 radical (unpaired) electrons. The highest BCUT2D eigenvalue weighted by Crippen LogP contribution is 2.17. The molecule has 0 aliphatic carbocycles. The van der Waals surface area contributed by atoms with Crippen LogP contribution < -0.4 is 0 Å². The Balaban J connectivity index is 3.04. The second-order valence-electron chi connectivity index (χ2n) is 8.84. The topological polar surface area (TPSA) is 37.3 Å². The Morgan fingerprint density at radius 3 is 1.26 bits per heavy atom. The maximum absolute atomic E-state index is 10.4. The Hall–Kier alpha value is -0.530. The molecule has 162 valence electrons. The molecule has 27 heavy (non-hydrogen) atoms. The molecule has 0 amide bonds. The van der Waals surface area contributed by atoms with Gasteiger partial charge in [0.05, 0.1) is 0 Å². The van der Waals surface area contributed by atoms with E-state index in [1.165, 1.54) is 116 Å². The molecule has 0 bridgehead atoms. The average molecular weight is 383 g/mol. The molecule has 0 aromatic rings. The number of unbranched alkanes of at least 4 members (excludes halogenated alkanes) is 16. The summed E-state index contributed by atoms with van der Waals surface area (Å²) in [4.78, 5) is 10.4. The van der Waals surface area contributed by atoms with Gasteiger partial charge in [-0.05, 0) is 12.3 Å². The first-order valence-corrected chi connectivity index (χ1v) is 12.4. The first-order valence-electron chi connectivity index (χ1n) is 12.4. The second-order valence-corrected chi connectivity index (χ2v) is 8.84. The largest absolute Gasteiger partial charge is 0.481 e. The zero-order valence-electron chi connectivity index (χ0n) is 18.8. The van der Waals surface area contributed by atoms with Crippen molar-refractivity contribution in [2.24, 2.45) is 5.92 Å². The predicted molar refractivity (Wildman–Crippen MR) is 119 cm³/mol. The molecule has 1 N–H and O–H groups in total. The predicted octanol–water partition coefficient (Wildman–Crippen LogP) is 8.92. The SMILES string of the molecule is CCCC(C)CCCCCCCCCCCCCCCCCCCC(=O)O. The van der Waals surface area contributed by atoms with Crippen LogP contribution in [-0.4, -0.2) is 11.1 Å². The fourth-order valence-electron chi connectivity index (χ4n) is 4.06. The van der Waals surface area contributed by atoms with Gasteiger partial charge in [0.15, 0.2) is 0 Å². The third-order valence-corrected chi connectivity index (χ3v) is 5.87. The van der Waals surface area contributed by atoms with E-state index in [2.05, 4.69) is 13.8 Å². The summed E-state index contributed by atoms with van der Waals surface area (Å²) in [5.41, 5.74) is 0. The van der Waals surface area contributed by atoms with Crippen LogP contribution in [0.25, 0.3) is 0 Å². The zero-order valence-corrected chi connectivity index (χ0v) is 18.8. The van der Waals surface area contributed by atoms with Crippen molar-refractivity contribution in [3.8, 4) is 0 Å². The maximum atomic E-state index is 10.4. The molecule has 0 aliphatic heterocycles. The van der Waals surface area contributed by atoms with Gasteiger partial charge < -0.3 is 5.11 Å². The molecule has 0 spiro atoms. The number of carboxylic acid groups (broad SMARTS) is 1. The van der Waals surface area contributed by atoms with Crippen LogP contribution in [0.3, 0.4) is 0 Å². The second kappa shape index (κ2) is 21.8. The van der Waals surface area contributed by atoms with E-state index in [1.54, 1.807) is 0 Å². The Labute approximate surface area is 170 Å². The van der Waals surface area contributed by atoms with Crippen molar-refractivity contribution in [1.29, 1.82) is 0 Å². The van der Waals surface area contributed by atoms with Gasteiger partial charge in [-0.25, -0.2) is 0 Å². The summed E-state index contributed by atoms with van der Waals surface area (Å²) >= 11 is 0. The van der Waals surface area contributed by atoms with Crippen LogP contribution in [0, 0.1) is 5.92 Å². The summed E-state index contributed by atoms with van der Waals surface area (Å²) in [5.74, 6) is 0.293. The first kappa shape index (κ1) is 26.5. The summed E-state index contributed by atoms with van der Waals surface area (Å²) in [6, 6.07) is 0. The quantitative estimate of drug-likeness (QED) is 0.190. The lowest BCUT2D eigenvalue weighted by Crippen LogP contribution is -1.93. The normalized spacial score (nSPS) is 12.4. The van der Waals surface area contributed by atoms with Crippen LogP contribution in [-0.2, 0) is 4.79 Å². The molecule has 1 unspecified atom stereocenters. The van der Waals surface area contributed by atoms with Gasteiger partial charge in [0, 0.05) is 6.42 Å². The summed E-state index contributed by atoms with van der Waals surface area (Å²) in [6.07, 6.45) is 27.5. The van der Waals surface area contributed by atoms with E-state index >= 15 is 0 Å². The van der Waals surface area contributed by atoms with Crippen LogP contribution in [0.2, 0.25) is 0 Å². The van der Waals surface area contributed by atoms with Gasteiger partial charge in [0.1, 0.15) is 0 Å². The van der Waals surface area contributed by atoms with Gasteiger partial charge in [-0.15, -0.1) is 0 Å². The van der Waals surface area contributed by atoms with Gasteiger partial charge in [-0.2, -0.15) is 0 Å². The number of rotatable bonds is 22. The fourth-order valence-corrected chi connectivity index (χ4v) is 4.06. The van der Waals surface area contributed by atoms with Gasteiger partial charge in [-0.1, -0.05) is 136 Å². The van der Waals surface area contributed by atoms with E-state index in [-0.39, 0.29) is 0 Å². The highest BCUT2D eigenvalue weighted by Gasteiger charge is 2.00. The monoisotopic (exact) mass is 382 g/mol. The van der Waals surface area contributed by atoms with E-state index in [0.717, 1.165) is 18.8 Å². The number of carboxylic acids is 1. The number of hydrogen-bond donors (Lipinski definition) is 1. The van der Waals surface area contributed by atoms with Crippen molar-refractivity contribution in [2.45, 2.75) is 149 Å². The lowest BCUT2D eigenvalue weighted by molar-refractivity contribution is -0.137. The van der Waals surface area contributed by atoms with Crippen molar-refractivity contribution < 1.29 is 9.90 Å². The Kier molecular flexibility index (Phi) is 21.3. The molecule has 2 nitrogen and oxygen atoms in total. The maximum Gasteiger partial charge on any atom is 0.303 e. The lowest BCUT2D eigenvalue weighted by Gasteiger charge is -2.09. The molecule has 0 aliphatic rings. The smallest absolute Gasteiger partial charge is 0.303 e. The van der Waals surface area contributed by atoms with E-state index in [4.69, 9.17) is 5.11 Å². The van der Waals surface area contributed by atoms with Crippen molar-refractivity contribution >= 4 is 5.97 Å². The van der Waals surface area contributed by atoms with E-state index < -0.39 is 5.97 Å². The zero-order chi connectivity index (χ0) is 20.0. The van der Waals surface area contributed by atoms with Crippen LogP contribution in [0.5, 0.6) is 0 Å². The molecule has 2 heteroatoms. The number of hydrogen-bond acceptors (Lipinski definition) is 1. The summed E-state index contributed by atoms with van der Waals surface area (Å²) < 4.78 is 0. The molecular weight excluding hydrogens is 332 g/mol. The van der Waals surface area contributed by atoms with Crippen molar-refractivity contribution in [1.82, 2.24) is 0 Å². The molecule has 0 heterocycles. The van der Waals surface area contributed by atoms with E-state index in [1.807, 2.05) is 0 Å². The van der Waals surface area contributed by atoms with Crippen LogP contribution in [0.15, 0.2) is 0 Å². The summed E-state index contributed by atoms with van der Waals surface area (Å²) in [6.45, 7) is 4.71. The number of carbonyl (C=O) groups is 1. The molecule has 1 atom stereocenters. The van der Waals surface area contributed by atoms with Gasteiger partial charge in [0.2, 0.25) is 0 Å². The van der Waals surface area contributed by atoms with Gasteiger partial charge in [-0.3, -0.25) is 4.79 Å². The molecule has 0 aromatic heterocycles. The van der Waals surface area contributed by atoms with Crippen LogP contribution >= 0.6 is 0 Å². The highest BCUT2D eigenvalue weighted by molar-refractivity contribution is 5.66. The minimum Gasteiger partial charge on any atom is -0.481 e. The minimum absolute atomic E-state index is 0.346. The fraction of sp³-hybridized carbons (Fsp3) is 0.960. The van der Waals surface area contributed by atoms with Crippen molar-refractivity contribution in [2.75, 3.05) is 0 Å². The Morgan fingerprint density at radius 1 is 0.593 bits per heavy atom. The Bertz CT molecular complexity index is 301. The summed E-state index contributed by atoms with van der Waals surface area (Å²) in [7, 11) is 0. The van der Waals surface area contributed by atoms with E-state index in [9.17, 15) is 4.79 Å². The van der Waals surface area contributed by atoms with Crippen LogP contribution in [0.4, 0.5) is 0 Å². The van der Waals surface area contributed by atoms with Crippen molar-refractivity contribution in [3.05, 3.63) is 0 Å². The standard InChI is InChI=1S/C25H50O2/c1-3-21-24(2)22-19-17-15-13-11-9-7-5-4-6-8-10-12-14-16-18-20-23-25(26)27/h24H,3-23H2,1-2H3,(H,26,27). The van der Waals surface area contributed by atoms with Crippen molar-refractivity contribution in [3.63, 3.8) is 0 Å². The molecule has 0 fully saturated rings. The van der Waals surface area contributed by atoms with Crippen LogP contribution in [0.1, 0.15) is 149 Å². The third kappa shape index (κ3) is 23.4. The Morgan fingerprint density at radius 2 is 0.926 bits per heavy atom. The molecule has 0 saturated heterocycles. The molecular formula is C25H50O2. The molecule has 0 rings (SSSR count). The average Bonchev–Trinajstić information content (AvgIpc) is 2.63.